The van der Waals surface area contributed by atoms with Crippen LogP contribution < -0.4 is 11.2 Å². The molecule has 0 bridgehead atoms. The van der Waals surface area contributed by atoms with Crippen LogP contribution in [0, 0.1) is 18.6 Å². The minimum Gasteiger partial charge on any atom is -0.394 e. The molecule has 2 heterocycles. The Morgan fingerprint density at radius 2 is 2.04 bits per heavy atom. The fourth-order valence-electron chi connectivity index (χ4n) is 2.81. The van der Waals surface area contributed by atoms with Gasteiger partial charge in [-0.2, -0.15) is 0 Å². The number of fused-ring (bicyclic) bond motifs is 1. The number of rotatable bonds is 6. The Morgan fingerprint density at radius 3 is 2.68 bits per heavy atom. The third kappa shape index (κ3) is 3.84. The van der Waals surface area contributed by atoms with Crippen LogP contribution >= 0.6 is 11.8 Å². The van der Waals surface area contributed by atoms with Gasteiger partial charge in [0.2, 0.25) is 0 Å². The Kier molecular flexibility index (Phi) is 5.92. The smallest absolute Gasteiger partial charge is 0.326 e. The van der Waals surface area contributed by atoms with E-state index >= 15 is 0 Å². The number of benzene rings is 1. The summed E-state index contributed by atoms with van der Waals surface area (Å²) in [6, 6.07) is 2.22. The van der Waals surface area contributed by atoms with Gasteiger partial charge >= 0.3 is 5.69 Å². The predicted octanol–water partition coefficient (Wildman–Crippen LogP) is 1.96. The molecule has 3 aromatic rings. The Morgan fingerprint density at radius 1 is 1.29 bits per heavy atom. The van der Waals surface area contributed by atoms with Crippen molar-refractivity contribution in [2.45, 2.75) is 17.9 Å². The van der Waals surface area contributed by atoms with Crippen molar-refractivity contribution < 1.29 is 18.6 Å². The van der Waals surface area contributed by atoms with E-state index in [1.165, 1.54) is 13.2 Å². The van der Waals surface area contributed by atoms with E-state index in [2.05, 4.69) is 15.0 Å². The number of ether oxygens (including phenoxy) is 1. The van der Waals surface area contributed by atoms with Crippen molar-refractivity contribution in [3.8, 4) is 11.3 Å². The third-order valence-corrected chi connectivity index (χ3v) is 5.42. The SMILES string of the molecule is CO[C@@H](CO)CSc1c(-c2ncc(F)cc2F)c(C)cc2c(=O)[nH]c(=O)[nH]c12. The highest BCUT2D eigenvalue weighted by Gasteiger charge is 2.21. The predicted molar refractivity (Wildman–Crippen MR) is 102 cm³/mol. The number of nitrogens with zero attached hydrogens (tertiary/aromatic N) is 1. The summed E-state index contributed by atoms with van der Waals surface area (Å²) in [6.07, 6.45) is 0.371. The first-order valence-corrected chi connectivity index (χ1v) is 9.22. The van der Waals surface area contributed by atoms with E-state index in [0.717, 1.165) is 18.0 Å². The van der Waals surface area contributed by atoms with Gasteiger partial charge < -0.3 is 14.8 Å². The number of nitrogens with one attached hydrogen (secondary N) is 2. The van der Waals surface area contributed by atoms with Crippen LogP contribution in [0.25, 0.3) is 22.2 Å². The molecule has 2 aromatic heterocycles. The van der Waals surface area contributed by atoms with Crippen molar-refractivity contribution in [1.29, 1.82) is 0 Å². The van der Waals surface area contributed by atoms with Gasteiger partial charge in [-0.25, -0.2) is 13.6 Å². The zero-order valence-electron chi connectivity index (χ0n) is 15.0. The molecule has 0 unspecified atom stereocenters. The molecular formula is C18H17F2N3O4S. The fraction of sp³-hybridized carbons (Fsp3) is 0.278. The topological polar surface area (TPSA) is 108 Å². The van der Waals surface area contributed by atoms with Gasteiger partial charge in [-0.05, 0) is 18.6 Å². The molecule has 1 aromatic carbocycles. The van der Waals surface area contributed by atoms with Crippen LogP contribution in [0.4, 0.5) is 8.78 Å². The normalized spacial score (nSPS) is 12.5. The number of aryl methyl sites for hydroxylation is 1. The number of thioether (sulfide) groups is 1. The van der Waals surface area contributed by atoms with E-state index in [9.17, 15) is 23.5 Å². The van der Waals surface area contributed by atoms with Gasteiger partial charge in [-0.3, -0.25) is 14.8 Å². The van der Waals surface area contributed by atoms with Crippen LogP contribution in [0.2, 0.25) is 0 Å². The van der Waals surface area contributed by atoms with Crippen molar-refractivity contribution in [2.75, 3.05) is 19.5 Å². The second-order valence-corrected chi connectivity index (χ2v) is 7.09. The number of H-pyrrole nitrogens is 2. The highest BCUT2D eigenvalue weighted by molar-refractivity contribution is 7.99. The van der Waals surface area contributed by atoms with E-state index < -0.39 is 29.0 Å². The molecule has 0 aliphatic carbocycles. The van der Waals surface area contributed by atoms with E-state index in [1.54, 1.807) is 6.92 Å². The van der Waals surface area contributed by atoms with Gasteiger partial charge in [-0.15, -0.1) is 11.8 Å². The molecule has 0 aliphatic heterocycles. The van der Waals surface area contributed by atoms with E-state index in [0.29, 0.717) is 22.1 Å². The first-order chi connectivity index (χ1) is 13.3. The van der Waals surface area contributed by atoms with Crippen LogP contribution in [0.1, 0.15) is 5.56 Å². The third-order valence-electron chi connectivity index (χ3n) is 4.18. The van der Waals surface area contributed by atoms with Crippen molar-refractivity contribution >= 4 is 22.7 Å². The zero-order chi connectivity index (χ0) is 20.4. The lowest BCUT2D eigenvalue weighted by Gasteiger charge is -2.17. The number of aromatic amines is 2. The molecule has 0 radical (unpaired) electrons. The maximum atomic E-state index is 14.5. The molecule has 3 rings (SSSR count). The number of aromatic nitrogens is 3. The van der Waals surface area contributed by atoms with Crippen molar-refractivity contribution in [3.63, 3.8) is 0 Å². The second-order valence-electron chi connectivity index (χ2n) is 6.06. The maximum absolute atomic E-state index is 14.5. The highest BCUT2D eigenvalue weighted by atomic mass is 32.2. The lowest BCUT2D eigenvalue weighted by molar-refractivity contribution is 0.0656. The Hall–Kier alpha value is -2.56. The van der Waals surface area contributed by atoms with Crippen molar-refractivity contribution in [1.82, 2.24) is 15.0 Å². The maximum Gasteiger partial charge on any atom is 0.326 e. The molecule has 0 saturated heterocycles. The van der Waals surface area contributed by atoms with Gasteiger partial charge in [0.05, 0.1) is 29.8 Å². The summed E-state index contributed by atoms with van der Waals surface area (Å²) in [5.41, 5.74) is -0.368. The number of methoxy groups -OCH3 is 1. The second kappa shape index (κ2) is 8.21. The molecule has 0 fully saturated rings. The minimum atomic E-state index is -0.873. The summed E-state index contributed by atoms with van der Waals surface area (Å²) >= 11 is 1.16. The van der Waals surface area contributed by atoms with E-state index in [1.807, 2.05) is 0 Å². The number of pyridine rings is 1. The van der Waals surface area contributed by atoms with Gasteiger partial charge in [0.15, 0.2) is 5.82 Å². The van der Waals surface area contributed by atoms with Crippen LogP contribution in [0.15, 0.2) is 32.8 Å². The molecule has 0 saturated carbocycles. The minimum absolute atomic E-state index is 0.109. The number of hydrogen-bond acceptors (Lipinski definition) is 6. The van der Waals surface area contributed by atoms with Crippen LogP contribution in [-0.2, 0) is 4.74 Å². The lowest BCUT2D eigenvalue weighted by atomic mass is 10.0. The average molecular weight is 409 g/mol. The zero-order valence-corrected chi connectivity index (χ0v) is 15.8. The van der Waals surface area contributed by atoms with Crippen molar-refractivity contribution in [3.05, 3.63) is 56.4 Å². The van der Waals surface area contributed by atoms with E-state index in [-0.39, 0.29) is 29.0 Å². The Labute approximate surface area is 161 Å². The first-order valence-electron chi connectivity index (χ1n) is 8.23. The summed E-state index contributed by atoms with van der Waals surface area (Å²) in [5.74, 6) is -1.43. The number of aliphatic hydroxyl groups excluding tert-OH is 1. The molecular weight excluding hydrogens is 392 g/mol. The molecule has 0 spiro atoms. The number of aliphatic hydroxyl groups is 1. The van der Waals surface area contributed by atoms with Crippen molar-refractivity contribution in [2.24, 2.45) is 0 Å². The van der Waals surface area contributed by atoms with Gasteiger partial charge in [-0.1, -0.05) is 0 Å². The molecule has 0 aliphatic rings. The Balaban J connectivity index is 2.32. The number of halogens is 2. The molecule has 3 N–H and O–H groups in total. The summed E-state index contributed by atoms with van der Waals surface area (Å²) in [7, 11) is 1.44. The standard InChI is InChI=1S/C18H17F2N3O4S/c1-8-3-11-14(22-18(26)23-17(11)25)16(28-7-10(6-24)27-2)13(8)15-12(20)4-9(19)5-21-15/h3-5,10,24H,6-7H2,1-2H3,(H2,22,23,25,26)/t10-/m0/s1. The molecule has 10 heteroatoms. The summed E-state index contributed by atoms with van der Waals surface area (Å²) in [6.45, 7) is 1.41. The van der Waals surface area contributed by atoms with E-state index in [4.69, 9.17) is 4.74 Å². The lowest BCUT2D eigenvalue weighted by Crippen LogP contribution is -2.23. The highest BCUT2D eigenvalue weighted by Crippen LogP contribution is 2.38. The Bertz CT molecular complexity index is 1140. The van der Waals surface area contributed by atoms with Gasteiger partial charge in [0, 0.05) is 29.4 Å². The largest absolute Gasteiger partial charge is 0.394 e. The molecule has 1 atom stereocenters. The average Bonchev–Trinajstić information content (AvgIpc) is 2.64. The number of hydrogen-bond donors (Lipinski definition) is 3. The van der Waals surface area contributed by atoms with Crippen LogP contribution in [0.5, 0.6) is 0 Å². The quantitative estimate of drug-likeness (QED) is 0.537. The van der Waals surface area contributed by atoms with Crippen LogP contribution in [0.3, 0.4) is 0 Å². The molecule has 7 nitrogen and oxygen atoms in total. The monoisotopic (exact) mass is 409 g/mol. The summed E-state index contributed by atoms with van der Waals surface area (Å²) in [5, 5.41) is 9.57. The first kappa shape index (κ1) is 20.2. The molecule has 28 heavy (non-hydrogen) atoms. The van der Waals surface area contributed by atoms with Gasteiger partial charge in [0.25, 0.3) is 5.56 Å². The molecule has 0 amide bonds. The van der Waals surface area contributed by atoms with Crippen LogP contribution in [-0.4, -0.2) is 45.6 Å². The molecule has 148 valence electrons. The summed E-state index contributed by atoms with van der Waals surface area (Å²) in [4.78, 5) is 33.0. The fourth-order valence-corrected chi connectivity index (χ4v) is 4.12. The summed E-state index contributed by atoms with van der Waals surface area (Å²) < 4.78 is 32.9. The van der Waals surface area contributed by atoms with Gasteiger partial charge in [0.1, 0.15) is 11.5 Å².